The van der Waals surface area contributed by atoms with E-state index in [1.807, 2.05) is 6.92 Å². The largest absolute Gasteiger partial charge is 0.416 e. The molecule has 0 aromatic heterocycles. The standard InChI is InChI=1S/C16H20F3NO2/c1-4-14(10-20(3)15(21)5-2)22-11-12-6-8-13(9-7-12)16(17,18)19/h5-9,14H,2,4,10-11H2,1,3H3. The summed E-state index contributed by atoms with van der Waals surface area (Å²) in [5, 5.41) is 0. The molecule has 6 heteroatoms. The van der Waals surface area contributed by atoms with Gasteiger partial charge in [0, 0.05) is 13.6 Å². The lowest BCUT2D eigenvalue weighted by Crippen LogP contribution is -2.34. The molecule has 3 nitrogen and oxygen atoms in total. The van der Waals surface area contributed by atoms with Crippen molar-refractivity contribution in [3.05, 3.63) is 48.0 Å². The number of hydrogen-bond donors (Lipinski definition) is 0. The molecule has 0 heterocycles. The lowest BCUT2D eigenvalue weighted by atomic mass is 10.1. The van der Waals surface area contributed by atoms with Crippen molar-refractivity contribution in [2.75, 3.05) is 13.6 Å². The normalized spacial score (nSPS) is 12.8. The maximum absolute atomic E-state index is 12.5. The van der Waals surface area contributed by atoms with Crippen molar-refractivity contribution in [1.29, 1.82) is 0 Å². The van der Waals surface area contributed by atoms with Gasteiger partial charge in [0.15, 0.2) is 0 Å². The van der Waals surface area contributed by atoms with Gasteiger partial charge in [-0.2, -0.15) is 13.2 Å². The number of likely N-dealkylation sites (N-methyl/N-ethyl adjacent to an activating group) is 1. The fourth-order valence-electron chi connectivity index (χ4n) is 1.85. The van der Waals surface area contributed by atoms with Crippen molar-refractivity contribution in [3.8, 4) is 0 Å². The zero-order valence-corrected chi connectivity index (χ0v) is 12.7. The zero-order chi connectivity index (χ0) is 16.8. The lowest BCUT2D eigenvalue weighted by molar-refractivity contribution is -0.137. The van der Waals surface area contributed by atoms with Gasteiger partial charge >= 0.3 is 6.18 Å². The number of benzene rings is 1. The molecule has 0 aliphatic rings. The molecule has 0 N–H and O–H groups in total. The molecule has 22 heavy (non-hydrogen) atoms. The van der Waals surface area contributed by atoms with Gasteiger partial charge in [-0.25, -0.2) is 0 Å². The Kier molecular flexibility index (Phi) is 6.61. The maximum atomic E-state index is 12.5. The van der Waals surface area contributed by atoms with Gasteiger partial charge in [0.2, 0.25) is 5.91 Å². The van der Waals surface area contributed by atoms with Crippen LogP contribution in [0.15, 0.2) is 36.9 Å². The summed E-state index contributed by atoms with van der Waals surface area (Å²) in [5.74, 6) is -0.198. The summed E-state index contributed by atoms with van der Waals surface area (Å²) in [6.45, 7) is 5.94. The van der Waals surface area contributed by atoms with E-state index in [1.165, 1.54) is 23.1 Å². The maximum Gasteiger partial charge on any atom is 0.416 e. The Morgan fingerprint density at radius 3 is 2.41 bits per heavy atom. The van der Waals surface area contributed by atoms with Crippen molar-refractivity contribution in [3.63, 3.8) is 0 Å². The Balaban J connectivity index is 2.56. The highest BCUT2D eigenvalue weighted by Gasteiger charge is 2.29. The van der Waals surface area contributed by atoms with E-state index in [1.54, 1.807) is 7.05 Å². The molecule has 0 radical (unpaired) electrons. The zero-order valence-electron chi connectivity index (χ0n) is 12.7. The van der Waals surface area contributed by atoms with Gasteiger partial charge in [0.05, 0.1) is 18.3 Å². The molecule has 1 rings (SSSR count). The van der Waals surface area contributed by atoms with Crippen molar-refractivity contribution in [2.24, 2.45) is 0 Å². The van der Waals surface area contributed by atoms with Crippen LogP contribution in [0.4, 0.5) is 13.2 Å². The van der Waals surface area contributed by atoms with Crippen LogP contribution in [0.3, 0.4) is 0 Å². The summed E-state index contributed by atoms with van der Waals surface area (Å²) in [6, 6.07) is 4.86. The minimum Gasteiger partial charge on any atom is -0.372 e. The molecule has 1 aromatic rings. The molecule has 0 aliphatic heterocycles. The Morgan fingerprint density at radius 2 is 1.95 bits per heavy atom. The summed E-state index contributed by atoms with van der Waals surface area (Å²) in [5.41, 5.74) is -0.0243. The quantitative estimate of drug-likeness (QED) is 0.719. The first-order chi connectivity index (χ1) is 10.3. The van der Waals surface area contributed by atoms with Gasteiger partial charge < -0.3 is 9.64 Å². The van der Waals surface area contributed by atoms with Crippen LogP contribution in [0.2, 0.25) is 0 Å². The van der Waals surface area contributed by atoms with Crippen molar-refractivity contribution in [2.45, 2.75) is 32.2 Å². The molecular weight excluding hydrogens is 295 g/mol. The third kappa shape index (κ3) is 5.52. The van der Waals surface area contributed by atoms with Crippen LogP contribution in [-0.4, -0.2) is 30.5 Å². The van der Waals surface area contributed by atoms with Gasteiger partial charge in [0.25, 0.3) is 0 Å². The number of amides is 1. The van der Waals surface area contributed by atoms with Crippen LogP contribution in [0.1, 0.15) is 24.5 Å². The Bertz CT molecular complexity index is 497. The number of halogens is 3. The van der Waals surface area contributed by atoms with Crippen LogP contribution in [0.25, 0.3) is 0 Å². The topological polar surface area (TPSA) is 29.5 Å². The fraction of sp³-hybridized carbons (Fsp3) is 0.438. The number of carbonyl (C=O) groups excluding carboxylic acids is 1. The molecule has 0 aliphatic carbocycles. The molecular formula is C16H20F3NO2. The predicted molar refractivity (Wildman–Crippen MR) is 78.1 cm³/mol. The highest BCUT2D eigenvalue weighted by molar-refractivity contribution is 5.86. The molecule has 1 amide bonds. The first-order valence-electron chi connectivity index (χ1n) is 6.93. The minimum absolute atomic E-state index is 0.184. The van der Waals surface area contributed by atoms with E-state index < -0.39 is 11.7 Å². The number of hydrogen-bond acceptors (Lipinski definition) is 2. The SMILES string of the molecule is C=CC(=O)N(C)CC(CC)OCc1ccc(C(F)(F)F)cc1. The minimum atomic E-state index is -4.33. The Morgan fingerprint density at radius 1 is 1.36 bits per heavy atom. The molecule has 0 saturated carbocycles. The van der Waals surface area contributed by atoms with Gasteiger partial charge in [-0.3, -0.25) is 4.79 Å². The highest BCUT2D eigenvalue weighted by Crippen LogP contribution is 2.29. The lowest BCUT2D eigenvalue weighted by Gasteiger charge is -2.22. The number of carbonyl (C=O) groups is 1. The second kappa shape index (κ2) is 7.98. The Hall–Kier alpha value is -1.82. The van der Waals surface area contributed by atoms with Gasteiger partial charge in [-0.15, -0.1) is 0 Å². The van der Waals surface area contributed by atoms with E-state index >= 15 is 0 Å². The molecule has 0 spiro atoms. The monoisotopic (exact) mass is 315 g/mol. The fourth-order valence-corrected chi connectivity index (χ4v) is 1.85. The molecule has 122 valence electrons. The molecule has 0 fully saturated rings. The summed E-state index contributed by atoms with van der Waals surface area (Å²) >= 11 is 0. The average molecular weight is 315 g/mol. The molecule has 0 saturated heterocycles. The van der Waals surface area contributed by atoms with Gasteiger partial charge in [-0.1, -0.05) is 25.6 Å². The first-order valence-corrected chi connectivity index (χ1v) is 6.93. The number of ether oxygens (including phenoxy) is 1. The van der Waals surface area contributed by atoms with E-state index in [2.05, 4.69) is 6.58 Å². The highest BCUT2D eigenvalue weighted by atomic mass is 19.4. The second-order valence-corrected chi connectivity index (χ2v) is 4.96. The van der Waals surface area contributed by atoms with Crippen LogP contribution in [0, 0.1) is 0 Å². The van der Waals surface area contributed by atoms with E-state index in [9.17, 15) is 18.0 Å². The van der Waals surface area contributed by atoms with E-state index in [4.69, 9.17) is 4.74 Å². The van der Waals surface area contributed by atoms with E-state index in [-0.39, 0.29) is 18.6 Å². The molecule has 0 bridgehead atoms. The molecule has 1 unspecified atom stereocenters. The number of rotatable bonds is 7. The van der Waals surface area contributed by atoms with Crippen LogP contribution >= 0.6 is 0 Å². The van der Waals surface area contributed by atoms with Crippen LogP contribution in [0.5, 0.6) is 0 Å². The molecule has 1 aromatic carbocycles. The second-order valence-electron chi connectivity index (χ2n) is 4.96. The third-order valence-electron chi connectivity index (χ3n) is 3.25. The summed E-state index contributed by atoms with van der Waals surface area (Å²) in [7, 11) is 1.65. The van der Waals surface area contributed by atoms with Gasteiger partial charge in [-0.05, 0) is 30.2 Å². The van der Waals surface area contributed by atoms with Crippen molar-refractivity contribution in [1.82, 2.24) is 4.90 Å². The van der Waals surface area contributed by atoms with Gasteiger partial charge in [0.1, 0.15) is 0 Å². The van der Waals surface area contributed by atoms with Crippen LogP contribution < -0.4 is 0 Å². The predicted octanol–water partition coefficient (Wildman–Crippen LogP) is 3.65. The number of alkyl halides is 3. The summed E-state index contributed by atoms with van der Waals surface area (Å²) < 4.78 is 43.1. The van der Waals surface area contributed by atoms with Crippen molar-refractivity contribution >= 4 is 5.91 Å². The van der Waals surface area contributed by atoms with E-state index in [0.29, 0.717) is 18.5 Å². The first kappa shape index (κ1) is 18.2. The average Bonchev–Trinajstić information content (AvgIpc) is 2.49. The number of nitrogens with zero attached hydrogens (tertiary/aromatic N) is 1. The van der Waals surface area contributed by atoms with E-state index in [0.717, 1.165) is 12.1 Å². The van der Waals surface area contributed by atoms with Crippen molar-refractivity contribution < 1.29 is 22.7 Å². The molecule has 1 atom stereocenters. The van der Waals surface area contributed by atoms with Crippen LogP contribution in [-0.2, 0) is 22.3 Å². The summed E-state index contributed by atoms with van der Waals surface area (Å²) in [6.07, 6.45) is -2.60. The third-order valence-corrected chi connectivity index (χ3v) is 3.25. The smallest absolute Gasteiger partial charge is 0.372 e. The Labute approximate surface area is 128 Å². The summed E-state index contributed by atoms with van der Waals surface area (Å²) in [4.78, 5) is 12.9.